The van der Waals surface area contributed by atoms with Gasteiger partial charge in [-0.15, -0.1) is 11.6 Å². The Morgan fingerprint density at radius 2 is 1.75 bits per heavy atom. The summed E-state index contributed by atoms with van der Waals surface area (Å²) in [4.78, 5) is 35.7. The van der Waals surface area contributed by atoms with Crippen molar-refractivity contribution in [2.45, 2.75) is 63.4 Å². The van der Waals surface area contributed by atoms with Gasteiger partial charge in [-0.2, -0.15) is 0 Å². The number of primary amides is 1. The van der Waals surface area contributed by atoms with Gasteiger partial charge >= 0.3 is 12.0 Å². The molecule has 4 aliphatic carbocycles. The van der Waals surface area contributed by atoms with Gasteiger partial charge in [-0.1, -0.05) is 13.8 Å². The predicted octanol–water partition coefficient (Wildman–Crippen LogP) is 2.33. The van der Waals surface area contributed by atoms with Crippen LogP contribution in [0, 0.1) is 23.2 Å². The van der Waals surface area contributed by atoms with E-state index >= 15 is 0 Å². The molecule has 0 radical (unpaired) electrons. The van der Waals surface area contributed by atoms with Crippen LogP contribution in [0.2, 0.25) is 0 Å². The lowest BCUT2D eigenvalue weighted by atomic mass is 9.49. The van der Waals surface area contributed by atoms with Gasteiger partial charge in [0.25, 0.3) is 5.91 Å². The van der Waals surface area contributed by atoms with Crippen LogP contribution in [-0.4, -0.2) is 28.9 Å². The van der Waals surface area contributed by atoms with E-state index in [0.717, 1.165) is 32.1 Å². The summed E-state index contributed by atoms with van der Waals surface area (Å²) in [5.41, 5.74) is 4.42. The molecule has 4 aliphatic rings. The summed E-state index contributed by atoms with van der Waals surface area (Å²) in [6.07, 6.45) is 4.25. The first-order valence-electron chi connectivity index (χ1n) is 8.63. The number of rotatable bonds is 4. The monoisotopic (exact) mass is 356 g/mol. The lowest BCUT2D eigenvalue weighted by molar-refractivity contribution is -0.180. The van der Waals surface area contributed by atoms with E-state index in [1.807, 2.05) is 5.32 Å². The highest BCUT2D eigenvalue weighted by Gasteiger charge is 2.61. The number of imide groups is 1. The molecular weight excluding hydrogens is 332 g/mol. The molecule has 2 unspecified atom stereocenters. The summed E-state index contributed by atoms with van der Waals surface area (Å²) < 4.78 is 5.59. The zero-order valence-electron chi connectivity index (χ0n) is 14.1. The third-order valence-corrected chi connectivity index (χ3v) is 6.21. The Kier molecular flexibility index (Phi) is 4.31. The molecule has 0 aromatic carbocycles. The molecule has 0 spiro atoms. The first-order valence-corrected chi connectivity index (χ1v) is 9.01. The van der Waals surface area contributed by atoms with Crippen molar-refractivity contribution < 1.29 is 19.1 Å². The maximum absolute atomic E-state index is 13.0. The fourth-order valence-corrected chi connectivity index (χ4v) is 6.01. The zero-order valence-corrected chi connectivity index (χ0v) is 14.9. The van der Waals surface area contributed by atoms with Crippen LogP contribution in [0.1, 0.15) is 52.4 Å². The van der Waals surface area contributed by atoms with Gasteiger partial charge in [0.1, 0.15) is 0 Å². The van der Waals surface area contributed by atoms with E-state index in [2.05, 4.69) is 0 Å². The van der Waals surface area contributed by atoms with Crippen LogP contribution in [0.4, 0.5) is 4.79 Å². The number of urea groups is 1. The summed E-state index contributed by atoms with van der Waals surface area (Å²) in [5, 5.41) is 2.01. The third kappa shape index (κ3) is 3.13. The van der Waals surface area contributed by atoms with E-state index in [-0.39, 0.29) is 16.8 Å². The van der Waals surface area contributed by atoms with Gasteiger partial charge in [-0.3, -0.25) is 14.9 Å². The number of esters is 1. The van der Waals surface area contributed by atoms with Gasteiger partial charge in [-0.25, -0.2) is 4.79 Å². The Morgan fingerprint density at radius 1 is 1.17 bits per heavy atom. The van der Waals surface area contributed by atoms with Crippen molar-refractivity contribution in [2.75, 3.05) is 0 Å². The zero-order chi connectivity index (χ0) is 17.7. The van der Waals surface area contributed by atoms with Gasteiger partial charge in [0.2, 0.25) is 0 Å². The molecule has 5 atom stereocenters. The number of amides is 3. The van der Waals surface area contributed by atoms with Crippen molar-refractivity contribution in [1.29, 1.82) is 0 Å². The second-order valence-corrected chi connectivity index (χ2v) is 9.12. The van der Waals surface area contributed by atoms with Gasteiger partial charge in [0.15, 0.2) is 6.10 Å². The van der Waals surface area contributed by atoms with Crippen LogP contribution < -0.4 is 11.1 Å². The second kappa shape index (κ2) is 5.90. The predicted molar refractivity (Wildman–Crippen MR) is 88.1 cm³/mol. The Hall–Kier alpha value is -1.30. The lowest BCUT2D eigenvalue weighted by Gasteiger charge is -2.58. The topological polar surface area (TPSA) is 98.5 Å². The number of nitrogens with one attached hydrogen (secondary N) is 1. The van der Waals surface area contributed by atoms with E-state index in [1.54, 1.807) is 13.8 Å². The van der Waals surface area contributed by atoms with E-state index in [0.29, 0.717) is 18.3 Å². The summed E-state index contributed by atoms with van der Waals surface area (Å²) in [5.74, 6) is -0.343. The standard InChI is InChI=1S/C17H25ClN2O4/c1-9(2)12(13(21)20-15(19)23)24-14(22)16-4-10-3-11(5-16)7-17(18,6-10)8-16/h9-12H,3-8H2,1-2H3,(H3,19,20,21,23)/t10-,11+,12-,16?,17?/m0/s1. The highest BCUT2D eigenvalue weighted by atomic mass is 35.5. The van der Waals surface area contributed by atoms with Gasteiger partial charge in [-0.05, 0) is 56.3 Å². The molecule has 0 aromatic heterocycles. The van der Waals surface area contributed by atoms with E-state index in [4.69, 9.17) is 22.1 Å². The third-order valence-electron chi connectivity index (χ3n) is 5.77. The maximum atomic E-state index is 13.0. The van der Waals surface area contributed by atoms with Gasteiger partial charge in [0, 0.05) is 4.87 Å². The van der Waals surface area contributed by atoms with Crippen molar-refractivity contribution in [3.63, 3.8) is 0 Å². The number of nitrogens with two attached hydrogens (primary N) is 1. The van der Waals surface area contributed by atoms with Crippen molar-refractivity contribution in [3.8, 4) is 0 Å². The molecule has 0 aromatic rings. The fourth-order valence-electron chi connectivity index (χ4n) is 5.31. The van der Waals surface area contributed by atoms with Crippen molar-refractivity contribution >= 4 is 29.5 Å². The van der Waals surface area contributed by atoms with Crippen LogP contribution in [0.3, 0.4) is 0 Å². The minimum atomic E-state index is -1.02. The first-order chi connectivity index (χ1) is 11.1. The van der Waals surface area contributed by atoms with Gasteiger partial charge < -0.3 is 10.5 Å². The molecule has 4 rings (SSSR count). The normalized spacial score (nSPS) is 38.0. The molecule has 24 heavy (non-hydrogen) atoms. The number of hydrogen-bond acceptors (Lipinski definition) is 4. The number of hydrogen-bond donors (Lipinski definition) is 2. The Labute approximate surface area is 146 Å². The molecule has 0 heterocycles. The smallest absolute Gasteiger partial charge is 0.318 e. The minimum Gasteiger partial charge on any atom is -0.452 e. The molecule has 0 saturated heterocycles. The molecule has 4 saturated carbocycles. The fraction of sp³-hybridized carbons (Fsp3) is 0.824. The highest BCUT2D eigenvalue weighted by Crippen LogP contribution is 2.64. The van der Waals surface area contributed by atoms with Crippen molar-refractivity contribution in [2.24, 2.45) is 28.9 Å². The largest absolute Gasteiger partial charge is 0.452 e. The minimum absolute atomic E-state index is 0.257. The molecule has 3 N–H and O–H groups in total. The van der Waals surface area contributed by atoms with E-state index in [1.165, 1.54) is 0 Å². The number of carbonyl (C=O) groups excluding carboxylic acids is 3. The lowest BCUT2D eigenvalue weighted by Crippen LogP contribution is -2.57. The summed E-state index contributed by atoms with van der Waals surface area (Å²) in [6.45, 7) is 3.53. The average Bonchev–Trinajstić information content (AvgIpc) is 2.40. The number of alkyl halides is 1. The quantitative estimate of drug-likeness (QED) is 0.596. The molecule has 6 nitrogen and oxygen atoms in total. The van der Waals surface area contributed by atoms with Crippen LogP contribution in [0.15, 0.2) is 0 Å². The molecule has 4 fully saturated rings. The van der Waals surface area contributed by atoms with Crippen LogP contribution >= 0.6 is 11.6 Å². The molecule has 3 amide bonds. The number of ether oxygens (including phenoxy) is 1. The average molecular weight is 357 g/mol. The van der Waals surface area contributed by atoms with Crippen LogP contribution in [0.25, 0.3) is 0 Å². The van der Waals surface area contributed by atoms with Gasteiger partial charge in [0.05, 0.1) is 5.41 Å². The highest BCUT2D eigenvalue weighted by molar-refractivity contribution is 6.24. The molecular formula is C17H25ClN2O4. The first kappa shape index (κ1) is 17.5. The Bertz CT molecular complexity index is 563. The molecule has 0 aliphatic heterocycles. The summed E-state index contributed by atoms with van der Waals surface area (Å²) >= 11 is 6.75. The maximum Gasteiger partial charge on any atom is 0.318 e. The Balaban J connectivity index is 1.76. The molecule has 7 heteroatoms. The summed E-state index contributed by atoms with van der Waals surface area (Å²) in [6, 6.07) is -0.948. The molecule has 4 bridgehead atoms. The van der Waals surface area contributed by atoms with E-state index in [9.17, 15) is 14.4 Å². The van der Waals surface area contributed by atoms with Crippen molar-refractivity contribution in [3.05, 3.63) is 0 Å². The summed E-state index contributed by atoms with van der Waals surface area (Å²) in [7, 11) is 0. The van der Waals surface area contributed by atoms with Crippen molar-refractivity contribution in [1.82, 2.24) is 5.32 Å². The molecule has 134 valence electrons. The number of halogens is 1. The van der Waals surface area contributed by atoms with E-state index < -0.39 is 23.5 Å². The van der Waals surface area contributed by atoms with Crippen LogP contribution in [-0.2, 0) is 14.3 Å². The Morgan fingerprint density at radius 3 is 2.21 bits per heavy atom. The van der Waals surface area contributed by atoms with Crippen LogP contribution in [0.5, 0.6) is 0 Å². The SMILES string of the molecule is CC(C)[C@H](OC(=O)C12C[C@@H]3C[C@@H](CC(Cl)(C3)C1)C2)C(=O)NC(N)=O. The number of carbonyl (C=O) groups is 3. The second-order valence-electron chi connectivity index (χ2n) is 8.32.